The smallest absolute Gasteiger partial charge is 0.251 e. The maximum atomic E-state index is 12.0. The molecule has 1 rings (SSSR count). The highest BCUT2D eigenvalue weighted by atomic mass is 32.2. The van der Waals surface area contributed by atoms with Gasteiger partial charge in [0, 0.05) is 18.7 Å². The van der Waals surface area contributed by atoms with Crippen LogP contribution in [0.4, 0.5) is 0 Å². The molecule has 6 nitrogen and oxygen atoms in total. The molecule has 22 heavy (non-hydrogen) atoms. The lowest BCUT2D eigenvalue weighted by Gasteiger charge is -2.09. The Morgan fingerprint density at radius 2 is 1.77 bits per heavy atom. The van der Waals surface area contributed by atoms with Gasteiger partial charge in [-0.2, -0.15) is 0 Å². The molecule has 7 heteroatoms. The molecule has 0 bridgehead atoms. The highest BCUT2D eigenvalue weighted by Crippen LogP contribution is 2.11. The fourth-order valence-corrected chi connectivity index (χ4v) is 2.93. The predicted molar refractivity (Wildman–Crippen MR) is 87.3 cm³/mol. The molecule has 3 N–H and O–H groups in total. The quantitative estimate of drug-likeness (QED) is 0.590. The van der Waals surface area contributed by atoms with Gasteiger partial charge >= 0.3 is 0 Å². The lowest BCUT2D eigenvalue weighted by molar-refractivity contribution is 0.0953. The highest BCUT2D eigenvalue weighted by Gasteiger charge is 2.15. The standard InChI is InChI=1S/C15H25N3O3S/c1-12(2)11-18-22(20,21)14-7-5-13(6-8-14)15(19)17-10-4-9-16-3/h5-8,12,16,18H,4,9-11H2,1-3H3,(H,17,19). The van der Waals surface area contributed by atoms with Crippen LogP contribution in [0.5, 0.6) is 0 Å². The van der Waals surface area contributed by atoms with E-state index in [-0.39, 0.29) is 16.7 Å². The first-order valence-corrected chi connectivity index (χ1v) is 8.87. The molecule has 0 unspecified atom stereocenters. The van der Waals surface area contributed by atoms with E-state index in [0.29, 0.717) is 18.7 Å². The van der Waals surface area contributed by atoms with Crippen LogP contribution < -0.4 is 15.4 Å². The summed E-state index contributed by atoms with van der Waals surface area (Å²) in [5.41, 5.74) is 0.451. The summed E-state index contributed by atoms with van der Waals surface area (Å²) in [6.07, 6.45) is 0.841. The van der Waals surface area contributed by atoms with Crippen LogP contribution in [0.1, 0.15) is 30.6 Å². The normalized spacial score (nSPS) is 11.6. The van der Waals surface area contributed by atoms with Gasteiger partial charge in [-0.25, -0.2) is 13.1 Å². The molecule has 1 aromatic carbocycles. The van der Waals surface area contributed by atoms with Crippen LogP contribution in [-0.2, 0) is 10.0 Å². The fourth-order valence-electron chi connectivity index (χ4n) is 1.71. The van der Waals surface area contributed by atoms with E-state index in [4.69, 9.17) is 0 Å². The Bertz CT molecular complexity index is 568. The van der Waals surface area contributed by atoms with Crippen LogP contribution in [0.25, 0.3) is 0 Å². The predicted octanol–water partition coefficient (Wildman–Crippen LogP) is 0.960. The van der Waals surface area contributed by atoms with Crippen molar-refractivity contribution in [3.8, 4) is 0 Å². The van der Waals surface area contributed by atoms with Crippen molar-refractivity contribution in [3.05, 3.63) is 29.8 Å². The Hall–Kier alpha value is -1.44. The van der Waals surface area contributed by atoms with Gasteiger partial charge in [-0.05, 0) is 50.2 Å². The minimum atomic E-state index is -3.51. The van der Waals surface area contributed by atoms with Gasteiger partial charge in [-0.15, -0.1) is 0 Å². The number of carbonyl (C=O) groups excluding carboxylic acids is 1. The highest BCUT2D eigenvalue weighted by molar-refractivity contribution is 7.89. The average molecular weight is 327 g/mol. The van der Waals surface area contributed by atoms with Crippen molar-refractivity contribution in [2.45, 2.75) is 25.2 Å². The number of hydrogen-bond donors (Lipinski definition) is 3. The van der Waals surface area contributed by atoms with Gasteiger partial charge in [-0.1, -0.05) is 13.8 Å². The summed E-state index contributed by atoms with van der Waals surface area (Å²) in [5.74, 6) is 0.0348. The Morgan fingerprint density at radius 3 is 2.32 bits per heavy atom. The third-order valence-electron chi connectivity index (χ3n) is 3.00. The first kappa shape index (κ1) is 18.6. The van der Waals surface area contributed by atoms with Gasteiger partial charge in [0.1, 0.15) is 0 Å². The number of benzene rings is 1. The van der Waals surface area contributed by atoms with E-state index in [2.05, 4.69) is 15.4 Å². The molecule has 0 saturated carbocycles. The van der Waals surface area contributed by atoms with E-state index >= 15 is 0 Å². The minimum Gasteiger partial charge on any atom is -0.352 e. The van der Waals surface area contributed by atoms with Crippen LogP contribution in [-0.4, -0.2) is 41.0 Å². The second-order valence-corrected chi connectivity index (χ2v) is 7.25. The molecule has 0 aliphatic heterocycles. The summed E-state index contributed by atoms with van der Waals surface area (Å²) in [7, 11) is -1.66. The Labute approximate surface area is 132 Å². The molecular formula is C15H25N3O3S. The molecule has 0 saturated heterocycles. The van der Waals surface area contributed by atoms with Crippen molar-refractivity contribution >= 4 is 15.9 Å². The van der Waals surface area contributed by atoms with Crippen LogP contribution in [0.3, 0.4) is 0 Å². The molecule has 0 aliphatic rings. The van der Waals surface area contributed by atoms with Crippen molar-refractivity contribution in [2.24, 2.45) is 5.92 Å². The first-order chi connectivity index (χ1) is 10.4. The summed E-state index contributed by atoms with van der Waals surface area (Å²) in [6.45, 7) is 5.67. The molecule has 1 amide bonds. The Morgan fingerprint density at radius 1 is 1.14 bits per heavy atom. The summed E-state index contributed by atoms with van der Waals surface area (Å²) >= 11 is 0. The zero-order chi connectivity index (χ0) is 16.6. The number of rotatable bonds is 9. The monoisotopic (exact) mass is 327 g/mol. The van der Waals surface area contributed by atoms with Crippen LogP contribution in [0, 0.1) is 5.92 Å². The van der Waals surface area contributed by atoms with E-state index in [1.807, 2.05) is 20.9 Å². The van der Waals surface area contributed by atoms with E-state index in [0.717, 1.165) is 13.0 Å². The van der Waals surface area contributed by atoms with Gasteiger partial charge < -0.3 is 10.6 Å². The van der Waals surface area contributed by atoms with Gasteiger partial charge in [0.25, 0.3) is 5.91 Å². The van der Waals surface area contributed by atoms with Crippen molar-refractivity contribution in [2.75, 3.05) is 26.7 Å². The van der Waals surface area contributed by atoms with E-state index in [9.17, 15) is 13.2 Å². The molecule has 0 aliphatic carbocycles. The SMILES string of the molecule is CNCCCNC(=O)c1ccc(S(=O)(=O)NCC(C)C)cc1. The molecule has 124 valence electrons. The van der Waals surface area contributed by atoms with Crippen molar-refractivity contribution < 1.29 is 13.2 Å². The average Bonchev–Trinajstić information content (AvgIpc) is 2.49. The lowest BCUT2D eigenvalue weighted by Crippen LogP contribution is -2.28. The molecule has 1 aromatic rings. The maximum absolute atomic E-state index is 12.0. The molecule has 0 aromatic heterocycles. The van der Waals surface area contributed by atoms with Gasteiger partial charge in [-0.3, -0.25) is 4.79 Å². The van der Waals surface area contributed by atoms with Crippen molar-refractivity contribution in [3.63, 3.8) is 0 Å². The fraction of sp³-hybridized carbons (Fsp3) is 0.533. The summed E-state index contributed by atoms with van der Waals surface area (Å²) in [5, 5.41) is 5.79. The third kappa shape index (κ3) is 6.13. The van der Waals surface area contributed by atoms with Crippen LogP contribution >= 0.6 is 0 Å². The molecule has 0 radical (unpaired) electrons. The molecule has 0 heterocycles. The second-order valence-electron chi connectivity index (χ2n) is 5.48. The minimum absolute atomic E-state index is 0.167. The number of sulfonamides is 1. The third-order valence-corrected chi connectivity index (χ3v) is 4.44. The number of carbonyl (C=O) groups is 1. The largest absolute Gasteiger partial charge is 0.352 e. The molecular weight excluding hydrogens is 302 g/mol. The second kappa shape index (κ2) is 8.87. The van der Waals surface area contributed by atoms with Gasteiger partial charge in [0.2, 0.25) is 10.0 Å². The number of nitrogens with one attached hydrogen (secondary N) is 3. The summed E-state index contributed by atoms with van der Waals surface area (Å²) in [4.78, 5) is 12.1. The van der Waals surface area contributed by atoms with E-state index in [1.165, 1.54) is 24.3 Å². The van der Waals surface area contributed by atoms with Gasteiger partial charge in [0.15, 0.2) is 0 Å². The topological polar surface area (TPSA) is 87.3 Å². The van der Waals surface area contributed by atoms with E-state index < -0.39 is 10.0 Å². The van der Waals surface area contributed by atoms with Crippen molar-refractivity contribution in [1.29, 1.82) is 0 Å². The van der Waals surface area contributed by atoms with Crippen LogP contribution in [0.2, 0.25) is 0 Å². The Kier molecular flexibility index (Phi) is 7.50. The lowest BCUT2D eigenvalue weighted by atomic mass is 10.2. The molecule has 0 spiro atoms. The molecule has 0 fully saturated rings. The summed E-state index contributed by atoms with van der Waals surface area (Å²) in [6, 6.07) is 5.95. The zero-order valence-corrected chi connectivity index (χ0v) is 14.2. The van der Waals surface area contributed by atoms with E-state index in [1.54, 1.807) is 0 Å². The maximum Gasteiger partial charge on any atom is 0.251 e. The first-order valence-electron chi connectivity index (χ1n) is 7.39. The number of amides is 1. The van der Waals surface area contributed by atoms with Gasteiger partial charge in [0.05, 0.1) is 4.90 Å². The van der Waals surface area contributed by atoms with Crippen molar-refractivity contribution in [1.82, 2.24) is 15.4 Å². The Balaban J connectivity index is 2.64. The van der Waals surface area contributed by atoms with Crippen LogP contribution in [0.15, 0.2) is 29.2 Å². The molecule has 0 atom stereocenters. The zero-order valence-electron chi connectivity index (χ0n) is 13.3. The summed E-state index contributed by atoms with van der Waals surface area (Å²) < 4.78 is 26.6. The number of hydrogen-bond acceptors (Lipinski definition) is 4.